The highest BCUT2D eigenvalue weighted by Crippen LogP contribution is 2.20. The fourth-order valence-electron chi connectivity index (χ4n) is 2.18. The van der Waals surface area contributed by atoms with Crippen LogP contribution in [0.2, 0.25) is 0 Å². The second-order valence-corrected chi connectivity index (χ2v) is 5.16. The molecule has 0 aliphatic heterocycles. The van der Waals surface area contributed by atoms with Crippen molar-refractivity contribution in [1.82, 2.24) is 9.97 Å². The molecule has 0 aliphatic rings. The summed E-state index contributed by atoms with van der Waals surface area (Å²) in [7, 11) is 0. The summed E-state index contributed by atoms with van der Waals surface area (Å²) in [5, 5.41) is 0.361. The Balaban J connectivity index is 1.84. The van der Waals surface area contributed by atoms with Crippen LogP contribution in [-0.4, -0.2) is 21.7 Å². The molecule has 0 atom stereocenters. The van der Waals surface area contributed by atoms with Crippen LogP contribution in [0, 0.1) is 0 Å². The number of fused-ring (bicyclic) bond motifs is 1. The van der Waals surface area contributed by atoms with Crippen LogP contribution in [0.5, 0.6) is 5.75 Å². The minimum absolute atomic E-state index is 0.361. The van der Waals surface area contributed by atoms with Crippen molar-refractivity contribution in [3.05, 3.63) is 73.6 Å². The van der Waals surface area contributed by atoms with E-state index >= 15 is 0 Å². The zero-order valence-electron chi connectivity index (χ0n) is 12.4. The predicted molar refractivity (Wildman–Crippen MR) is 96.7 cm³/mol. The van der Waals surface area contributed by atoms with Gasteiger partial charge in [0, 0.05) is 30.7 Å². The lowest BCUT2D eigenvalue weighted by atomic mass is 10.3. The summed E-state index contributed by atoms with van der Waals surface area (Å²) in [5.74, 6) is 0.632. The average molecular weight is 321 g/mol. The molecule has 0 bridgehead atoms. The molecule has 0 spiro atoms. The molecule has 23 heavy (non-hydrogen) atoms. The zero-order valence-corrected chi connectivity index (χ0v) is 13.2. The lowest BCUT2D eigenvalue weighted by molar-refractivity contribution is 0.550. The number of rotatable bonds is 4. The maximum atomic E-state index is 5.83. The van der Waals surface area contributed by atoms with E-state index in [1.165, 1.54) is 0 Å². The molecule has 2 aromatic carbocycles. The van der Waals surface area contributed by atoms with Crippen LogP contribution < -0.4 is 9.64 Å². The van der Waals surface area contributed by atoms with Gasteiger partial charge < -0.3 is 4.74 Å². The highest BCUT2D eigenvalue weighted by Gasteiger charge is 2.13. The summed E-state index contributed by atoms with van der Waals surface area (Å²) < 4.78 is 5.83. The molecule has 4 nitrogen and oxygen atoms in total. The molecule has 0 fully saturated rings. The van der Waals surface area contributed by atoms with Crippen LogP contribution in [0.3, 0.4) is 0 Å². The molecule has 3 rings (SSSR count). The standard InChI is InChI=1S/C18H15N3OS/c1-2-12-21(14-6-4-3-5-7-14)18(23)22-15-8-9-16-17(13-15)20-11-10-19-16/h2-11,13H,1,12H2. The zero-order chi connectivity index (χ0) is 16.1. The van der Waals surface area contributed by atoms with Crippen molar-refractivity contribution in [2.24, 2.45) is 0 Å². The van der Waals surface area contributed by atoms with Gasteiger partial charge >= 0.3 is 0 Å². The number of thiocarbonyl (C=S) groups is 1. The first kappa shape index (κ1) is 15.1. The second kappa shape index (κ2) is 6.98. The smallest absolute Gasteiger partial charge is 0.269 e. The quantitative estimate of drug-likeness (QED) is 0.537. The minimum Gasteiger partial charge on any atom is -0.431 e. The van der Waals surface area contributed by atoms with Crippen LogP contribution in [0.15, 0.2) is 73.6 Å². The molecular weight excluding hydrogens is 306 g/mol. The highest BCUT2D eigenvalue weighted by atomic mass is 32.1. The minimum atomic E-state index is 0.361. The molecule has 0 amide bonds. The maximum absolute atomic E-state index is 5.83. The number of nitrogens with zero attached hydrogens (tertiary/aromatic N) is 3. The van der Waals surface area contributed by atoms with Crippen LogP contribution in [0.4, 0.5) is 5.69 Å². The fraction of sp³-hybridized carbons (Fsp3) is 0.0556. The highest BCUT2D eigenvalue weighted by molar-refractivity contribution is 7.80. The van der Waals surface area contributed by atoms with Gasteiger partial charge in [0.15, 0.2) is 0 Å². The summed E-state index contributed by atoms with van der Waals surface area (Å²) in [6.07, 6.45) is 5.10. The van der Waals surface area contributed by atoms with Gasteiger partial charge in [-0.25, -0.2) is 0 Å². The Hall–Kier alpha value is -2.79. The Labute approximate surface area is 140 Å². The third-order valence-corrected chi connectivity index (χ3v) is 3.55. The first-order valence-corrected chi connectivity index (χ1v) is 7.55. The van der Waals surface area contributed by atoms with Gasteiger partial charge in [-0.05, 0) is 36.5 Å². The van der Waals surface area contributed by atoms with E-state index in [1.807, 2.05) is 53.4 Å². The van der Waals surface area contributed by atoms with Crippen molar-refractivity contribution < 1.29 is 4.74 Å². The number of hydrogen-bond donors (Lipinski definition) is 0. The number of benzene rings is 2. The third-order valence-electron chi connectivity index (χ3n) is 3.25. The Kier molecular flexibility index (Phi) is 4.59. The summed E-state index contributed by atoms with van der Waals surface area (Å²) in [4.78, 5) is 10.4. The number of aromatic nitrogens is 2. The molecule has 1 aromatic heterocycles. The lowest BCUT2D eigenvalue weighted by Crippen LogP contribution is -2.33. The van der Waals surface area contributed by atoms with E-state index in [0.29, 0.717) is 17.5 Å². The van der Waals surface area contributed by atoms with Gasteiger partial charge in [0.05, 0.1) is 11.0 Å². The maximum Gasteiger partial charge on any atom is 0.269 e. The van der Waals surface area contributed by atoms with Gasteiger partial charge in [-0.3, -0.25) is 14.9 Å². The summed E-state index contributed by atoms with van der Waals surface area (Å²) in [6.45, 7) is 4.35. The molecule has 0 unspecified atom stereocenters. The third kappa shape index (κ3) is 3.52. The molecule has 0 aliphatic carbocycles. The molecular formula is C18H15N3OS. The van der Waals surface area contributed by atoms with E-state index < -0.39 is 0 Å². The number of ether oxygens (including phenoxy) is 1. The molecule has 1 heterocycles. The van der Waals surface area contributed by atoms with Crippen molar-refractivity contribution in [1.29, 1.82) is 0 Å². The number of anilines is 1. The van der Waals surface area contributed by atoms with Gasteiger partial charge in [0.1, 0.15) is 5.75 Å². The molecule has 0 saturated carbocycles. The van der Waals surface area contributed by atoms with Gasteiger partial charge in [-0.15, -0.1) is 6.58 Å². The normalized spacial score (nSPS) is 10.3. The van der Waals surface area contributed by atoms with Crippen LogP contribution >= 0.6 is 12.2 Å². The van der Waals surface area contributed by atoms with Crippen molar-refractivity contribution >= 4 is 34.1 Å². The molecule has 3 aromatic rings. The van der Waals surface area contributed by atoms with E-state index in [-0.39, 0.29) is 0 Å². The van der Waals surface area contributed by atoms with Crippen molar-refractivity contribution in [3.63, 3.8) is 0 Å². The summed E-state index contributed by atoms with van der Waals surface area (Å²) in [6, 6.07) is 15.4. The topological polar surface area (TPSA) is 38.2 Å². The first-order valence-electron chi connectivity index (χ1n) is 7.14. The summed E-state index contributed by atoms with van der Waals surface area (Å²) >= 11 is 5.45. The Morgan fingerprint density at radius 3 is 2.57 bits per heavy atom. The summed E-state index contributed by atoms with van der Waals surface area (Å²) in [5.41, 5.74) is 2.54. The van der Waals surface area contributed by atoms with Gasteiger partial charge in [0.25, 0.3) is 5.17 Å². The van der Waals surface area contributed by atoms with Gasteiger partial charge in [-0.2, -0.15) is 0 Å². The molecule has 114 valence electrons. The van der Waals surface area contributed by atoms with E-state index in [2.05, 4.69) is 16.5 Å². The van der Waals surface area contributed by atoms with Crippen molar-refractivity contribution in [3.8, 4) is 5.75 Å². The van der Waals surface area contributed by atoms with Crippen LogP contribution in [-0.2, 0) is 0 Å². The Morgan fingerprint density at radius 2 is 1.83 bits per heavy atom. The van der Waals surface area contributed by atoms with Crippen molar-refractivity contribution in [2.75, 3.05) is 11.4 Å². The monoisotopic (exact) mass is 321 g/mol. The Bertz CT molecular complexity index is 836. The molecule has 5 heteroatoms. The fourth-order valence-corrected chi connectivity index (χ4v) is 2.46. The van der Waals surface area contributed by atoms with E-state index in [1.54, 1.807) is 18.5 Å². The van der Waals surface area contributed by atoms with Gasteiger partial charge in [0.2, 0.25) is 0 Å². The molecule has 0 N–H and O–H groups in total. The van der Waals surface area contributed by atoms with E-state index in [0.717, 1.165) is 16.7 Å². The lowest BCUT2D eigenvalue weighted by Gasteiger charge is -2.23. The number of hydrogen-bond acceptors (Lipinski definition) is 4. The second-order valence-electron chi connectivity index (χ2n) is 4.81. The predicted octanol–water partition coefficient (Wildman–Crippen LogP) is 3.99. The van der Waals surface area contributed by atoms with Crippen molar-refractivity contribution in [2.45, 2.75) is 0 Å². The Morgan fingerprint density at radius 1 is 1.09 bits per heavy atom. The SMILES string of the molecule is C=CCN(C(=S)Oc1ccc2nccnc2c1)c1ccccc1. The molecule has 0 radical (unpaired) electrons. The molecule has 0 saturated heterocycles. The number of para-hydroxylation sites is 1. The largest absolute Gasteiger partial charge is 0.431 e. The van der Waals surface area contributed by atoms with Crippen LogP contribution in [0.1, 0.15) is 0 Å². The van der Waals surface area contributed by atoms with E-state index in [9.17, 15) is 0 Å². The first-order chi connectivity index (χ1) is 11.3. The van der Waals surface area contributed by atoms with Gasteiger partial charge in [-0.1, -0.05) is 24.3 Å². The van der Waals surface area contributed by atoms with Crippen LogP contribution in [0.25, 0.3) is 11.0 Å². The average Bonchev–Trinajstić information content (AvgIpc) is 2.60. The van der Waals surface area contributed by atoms with E-state index in [4.69, 9.17) is 17.0 Å².